The second-order valence-electron chi connectivity index (χ2n) is 4.96. The third kappa shape index (κ3) is 2.57. The van der Waals surface area contributed by atoms with Crippen molar-refractivity contribution in [3.8, 4) is 11.3 Å². The third-order valence-electron chi connectivity index (χ3n) is 3.56. The largest absolute Gasteiger partial charge is 0.373 e. The first kappa shape index (κ1) is 13.5. The summed E-state index contributed by atoms with van der Waals surface area (Å²) in [4.78, 5) is 13.2. The Morgan fingerprint density at radius 1 is 1.10 bits per heavy atom. The number of anilines is 1. The second-order valence-corrected chi connectivity index (χ2v) is 4.96. The predicted molar refractivity (Wildman–Crippen MR) is 86.3 cm³/mol. The lowest BCUT2D eigenvalue weighted by Gasteiger charge is -2.12. The van der Waals surface area contributed by atoms with E-state index in [1.807, 2.05) is 25.4 Å². The summed E-state index contributed by atoms with van der Waals surface area (Å²) in [6, 6.07) is 10.3. The van der Waals surface area contributed by atoms with Crippen LogP contribution < -0.4 is 5.32 Å². The van der Waals surface area contributed by atoms with Gasteiger partial charge in [-0.05, 0) is 24.6 Å². The highest BCUT2D eigenvalue weighted by Crippen LogP contribution is 2.28. The van der Waals surface area contributed by atoms with Crippen LogP contribution >= 0.6 is 0 Å². The molecule has 21 heavy (non-hydrogen) atoms. The maximum Gasteiger partial charge on any atom is 0.132 e. The zero-order chi connectivity index (χ0) is 14.7. The van der Waals surface area contributed by atoms with Gasteiger partial charge in [0, 0.05) is 29.8 Å². The number of hydrogen-bond acceptors (Lipinski definition) is 4. The Bertz CT molecular complexity index is 768. The van der Waals surface area contributed by atoms with Gasteiger partial charge < -0.3 is 5.32 Å². The molecule has 3 rings (SSSR count). The zero-order valence-electron chi connectivity index (χ0n) is 12.3. The van der Waals surface area contributed by atoms with Crippen LogP contribution in [0, 0.1) is 0 Å². The fourth-order valence-corrected chi connectivity index (χ4v) is 2.59. The summed E-state index contributed by atoms with van der Waals surface area (Å²) >= 11 is 0. The molecule has 2 aromatic heterocycles. The van der Waals surface area contributed by atoms with Crippen LogP contribution in [0.1, 0.15) is 18.9 Å². The number of rotatable bonds is 4. The van der Waals surface area contributed by atoms with Crippen LogP contribution in [0.15, 0.2) is 42.9 Å². The van der Waals surface area contributed by atoms with Gasteiger partial charge in [0.1, 0.15) is 12.1 Å². The van der Waals surface area contributed by atoms with E-state index >= 15 is 0 Å². The molecule has 0 amide bonds. The van der Waals surface area contributed by atoms with Gasteiger partial charge in [0.2, 0.25) is 0 Å². The smallest absolute Gasteiger partial charge is 0.132 e. The highest BCUT2D eigenvalue weighted by molar-refractivity contribution is 5.84. The minimum Gasteiger partial charge on any atom is -0.373 e. The van der Waals surface area contributed by atoms with Crippen molar-refractivity contribution in [2.24, 2.45) is 0 Å². The van der Waals surface area contributed by atoms with E-state index in [2.05, 4.69) is 45.4 Å². The van der Waals surface area contributed by atoms with E-state index in [1.165, 1.54) is 5.56 Å². The molecule has 106 valence electrons. The van der Waals surface area contributed by atoms with Crippen LogP contribution in [-0.2, 0) is 6.42 Å². The molecule has 0 fully saturated rings. The molecule has 4 nitrogen and oxygen atoms in total. The van der Waals surface area contributed by atoms with Crippen LogP contribution in [0.5, 0.6) is 0 Å². The van der Waals surface area contributed by atoms with Crippen molar-refractivity contribution in [3.05, 3.63) is 48.4 Å². The Morgan fingerprint density at radius 2 is 2.00 bits per heavy atom. The zero-order valence-corrected chi connectivity index (χ0v) is 12.3. The number of fused-ring (bicyclic) bond motifs is 1. The molecule has 3 aromatic rings. The molecule has 0 spiro atoms. The summed E-state index contributed by atoms with van der Waals surface area (Å²) in [5, 5.41) is 4.29. The number of hydrogen-bond donors (Lipinski definition) is 1. The first-order valence-electron chi connectivity index (χ1n) is 7.20. The molecule has 0 bridgehead atoms. The van der Waals surface area contributed by atoms with Gasteiger partial charge in [-0.25, -0.2) is 9.97 Å². The van der Waals surface area contributed by atoms with E-state index in [-0.39, 0.29) is 0 Å². The normalized spacial score (nSPS) is 10.8. The summed E-state index contributed by atoms with van der Waals surface area (Å²) in [7, 11) is 1.90. The van der Waals surface area contributed by atoms with Gasteiger partial charge in [0.15, 0.2) is 0 Å². The summed E-state index contributed by atoms with van der Waals surface area (Å²) < 4.78 is 0. The van der Waals surface area contributed by atoms with Gasteiger partial charge >= 0.3 is 0 Å². The Balaban J connectivity index is 2.17. The molecule has 0 radical (unpaired) electrons. The molecule has 0 saturated carbocycles. The van der Waals surface area contributed by atoms with Crippen molar-refractivity contribution < 1.29 is 0 Å². The topological polar surface area (TPSA) is 50.7 Å². The third-order valence-corrected chi connectivity index (χ3v) is 3.56. The Kier molecular flexibility index (Phi) is 3.77. The van der Waals surface area contributed by atoms with Crippen molar-refractivity contribution in [3.63, 3.8) is 0 Å². The van der Waals surface area contributed by atoms with Gasteiger partial charge in [-0.3, -0.25) is 4.98 Å². The number of pyridine rings is 1. The van der Waals surface area contributed by atoms with Gasteiger partial charge in [-0.1, -0.05) is 25.5 Å². The van der Waals surface area contributed by atoms with Crippen molar-refractivity contribution in [1.29, 1.82) is 0 Å². The van der Waals surface area contributed by atoms with Gasteiger partial charge in [-0.15, -0.1) is 0 Å². The molecule has 0 aliphatic carbocycles. The lowest BCUT2D eigenvalue weighted by Crippen LogP contribution is -2.03. The van der Waals surface area contributed by atoms with E-state index < -0.39 is 0 Å². The van der Waals surface area contributed by atoms with Crippen LogP contribution in [0.25, 0.3) is 22.2 Å². The van der Waals surface area contributed by atoms with Crippen LogP contribution in [0.4, 0.5) is 5.82 Å². The monoisotopic (exact) mass is 278 g/mol. The van der Waals surface area contributed by atoms with E-state index in [9.17, 15) is 0 Å². The van der Waals surface area contributed by atoms with Gasteiger partial charge in [0.05, 0.1) is 11.2 Å². The minimum absolute atomic E-state index is 0.910. The number of nitrogens with one attached hydrogen (secondary N) is 1. The standard InChI is InChI=1S/C17H18N4/c1-3-5-14-16(20-11-21-17(14)18-2)13-7-8-15-12(10-13)6-4-9-19-15/h4,6-11H,3,5H2,1-2H3,(H,18,20,21). The van der Waals surface area contributed by atoms with Crippen LogP contribution in [0.2, 0.25) is 0 Å². The average molecular weight is 278 g/mol. The molecule has 4 heteroatoms. The number of nitrogens with zero attached hydrogens (tertiary/aromatic N) is 3. The molecule has 0 aliphatic heterocycles. The summed E-state index contributed by atoms with van der Waals surface area (Å²) in [5.41, 5.74) is 4.28. The highest BCUT2D eigenvalue weighted by Gasteiger charge is 2.12. The van der Waals surface area contributed by atoms with Crippen molar-refractivity contribution in [2.75, 3.05) is 12.4 Å². The van der Waals surface area contributed by atoms with Gasteiger partial charge in [0.25, 0.3) is 0 Å². The van der Waals surface area contributed by atoms with Gasteiger partial charge in [-0.2, -0.15) is 0 Å². The van der Waals surface area contributed by atoms with Crippen molar-refractivity contribution in [1.82, 2.24) is 15.0 Å². The Hall–Kier alpha value is -2.49. The maximum absolute atomic E-state index is 4.51. The Labute approximate surface area is 124 Å². The van der Waals surface area contributed by atoms with Crippen molar-refractivity contribution >= 4 is 16.7 Å². The summed E-state index contributed by atoms with van der Waals surface area (Å²) in [6.45, 7) is 2.17. The number of aromatic nitrogens is 3. The minimum atomic E-state index is 0.910. The average Bonchev–Trinajstić information content (AvgIpc) is 2.55. The molecule has 1 N–H and O–H groups in total. The maximum atomic E-state index is 4.51. The summed E-state index contributed by atoms with van der Waals surface area (Å²) in [5.74, 6) is 0.910. The SMILES string of the molecule is CCCc1c(NC)ncnc1-c1ccc2ncccc2c1. The Morgan fingerprint density at radius 3 is 2.81 bits per heavy atom. The van der Waals surface area contributed by atoms with E-state index in [4.69, 9.17) is 0 Å². The molecule has 0 aliphatic rings. The highest BCUT2D eigenvalue weighted by atomic mass is 15.0. The summed E-state index contributed by atoms with van der Waals surface area (Å²) in [6.07, 6.45) is 5.45. The molecule has 0 saturated heterocycles. The lowest BCUT2D eigenvalue weighted by atomic mass is 10.0. The molecule has 2 heterocycles. The molecule has 0 atom stereocenters. The molecule has 0 unspecified atom stereocenters. The fourth-order valence-electron chi connectivity index (χ4n) is 2.59. The second kappa shape index (κ2) is 5.87. The molecular formula is C17H18N4. The lowest BCUT2D eigenvalue weighted by molar-refractivity contribution is 0.906. The first-order valence-corrected chi connectivity index (χ1v) is 7.20. The predicted octanol–water partition coefficient (Wildman–Crippen LogP) is 3.69. The fraction of sp³-hybridized carbons (Fsp3) is 0.235. The van der Waals surface area contributed by atoms with Crippen LogP contribution in [-0.4, -0.2) is 22.0 Å². The quantitative estimate of drug-likeness (QED) is 0.791. The van der Waals surface area contributed by atoms with Crippen molar-refractivity contribution in [2.45, 2.75) is 19.8 Å². The first-order chi connectivity index (χ1) is 10.3. The van der Waals surface area contributed by atoms with E-state index in [0.29, 0.717) is 0 Å². The van der Waals surface area contributed by atoms with Crippen LogP contribution in [0.3, 0.4) is 0 Å². The molecule has 1 aromatic carbocycles. The molecular weight excluding hydrogens is 260 g/mol. The number of benzene rings is 1. The van der Waals surface area contributed by atoms with E-state index in [0.717, 1.165) is 40.8 Å². The van der Waals surface area contributed by atoms with E-state index in [1.54, 1.807) is 6.33 Å².